The van der Waals surface area contributed by atoms with Gasteiger partial charge in [-0.3, -0.25) is 20.2 Å². The number of carbonyl (C=O) groups is 1. The van der Waals surface area contributed by atoms with Crippen LogP contribution in [0.2, 0.25) is 0 Å². The third-order valence-corrected chi connectivity index (χ3v) is 3.78. The molecule has 0 fully saturated rings. The second kappa shape index (κ2) is 7.74. The van der Waals surface area contributed by atoms with Gasteiger partial charge in [0, 0.05) is 24.8 Å². The maximum atomic E-state index is 13.5. The number of alkyl halides is 3. The van der Waals surface area contributed by atoms with E-state index in [0.717, 1.165) is 6.92 Å². The van der Waals surface area contributed by atoms with Gasteiger partial charge in [0.2, 0.25) is 5.78 Å². The molecule has 0 amide bonds. The third-order valence-electron chi connectivity index (χ3n) is 3.78. The Morgan fingerprint density at radius 2 is 1.79 bits per heavy atom. The van der Waals surface area contributed by atoms with Gasteiger partial charge in [0.15, 0.2) is 6.04 Å². The van der Waals surface area contributed by atoms with Crippen LogP contribution in [0, 0.1) is 16.0 Å². The number of nitrogens with zero attached hydrogens (tertiary/aromatic N) is 1. The number of ketones is 1. The smallest absolute Gasteiger partial charge is 0.296 e. The number of nitrogens with one attached hydrogen (secondary N) is 1. The number of halogens is 3. The van der Waals surface area contributed by atoms with Crippen LogP contribution in [-0.4, -0.2) is 28.5 Å². The number of hydrogen-bond donors (Lipinski definition) is 1. The first-order chi connectivity index (χ1) is 11.0. The number of benzene rings is 1. The van der Waals surface area contributed by atoms with Crippen molar-refractivity contribution in [3.63, 3.8) is 0 Å². The van der Waals surface area contributed by atoms with Gasteiger partial charge >= 0.3 is 6.18 Å². The highest BCUT2D eigenvalue weighted by Crippen LogP contribution is 2.32. The topological polar surface area (TPSA) is 72.2 Å². The lowest BCUT2D eigenvalue weighted by Crippen LogP contribution is -2.64. The summed E-state index contributed by atoms with van der Waals surface area (Å²) in [6.45, 7) is 3.76. The largest absolute Gasteiger partial charge is 0.411 e. The van der Waals surface area contributed by atoms with Crippen molar-refractivity contribution in [2.45, 2.75) is 51.5 Å². The van der Waals surface area contributed by atoms with Crippen LogP contribution in [-0.2, 0) is 11.3 Å². The minimum absolute atomic E-state index is 0.233. The van der Waals surface area contributed by atoms with Crippen LogP contribution in [0.25, 0.3) is 0 Å². The van der Waals surface area contributed by atoms with E-state index in [0.29, 0.717) is 5.56 Å². The van der Waals surface area contributed by atoms with Crippen molar-refractivity contribution in [3.05, 3.63) is 46.0 Å². The van der Waals surface area contributed by atoms with E-state index in [2.05, 4.69) is 5.32 Å². The first-order valence-electron chi connectivity index (χ1n) is 7.51. The van der Waals surface area contributed by atoms with Crippen LogP contribution >= 0.6 is 0 Å². The summed E-state index contributed by atoms with van der Waals surface area (Å²) < 4.78 is 40.4. The molecule has 0 aliphatic heterocycles. The number of Topliss-reactive ketones (excluding diaryl/α,β-unsaturated/α-hetero) is 1. The van der Waals surface area contributed by atoms with Crippen LogP contribution in [0.5, 0.6) is 0 Å². The van der Waals surface area contributed by atoms with Crippen LogP contribution in [0.15, 0.2) is 30.3 Å². The van der Waals surface area contributed by atoms with E-state index in [1.165, 1.54) is 0 Å². The molecule has 0 radical (unpaired) electrons. The van der Waals surface area contributed by atoms with Gasteiger partial charge < -0.3 is 0 Å². The first-order valence-corrected chi connectivity index (χ1v) is 7.51. The fourth-order valence-corrected chi connectivity index (χ4v) is 2.39. The lowest BCUT2D eigenvalue weighted by atomic mass is 9.83. The lowest BCUT2D eigenvalue weighted by Gasteiger charge is -2.31. The predicted octanol–water partition coefficient (Wildman–Crippen LogP) is 3.36. The highest BCUT2D eigenvalue weighted by molar-refractivity contribution is 5.87. The molecular weight excluding hydrogens is 325 g/mol. The first kappa shape index (κ1) is 20.1. The zero-order valence-electron chi connectivity index (χ0n) is 13.8. The molecule has 0 aliphatic rings. The molecular formula is C16H21F3N2O3. The van der Waals surface area contributed by atoms with Gasteiger partial charge in [0.25, 0.3) is 5.54 Å². The SMILES string of the molecule is CC(C)CC(=O)[C@@](C)([C@H](NCc1ccccc1)C(F)(F)F)[N+](=O)[O-]. The van der Waals surface area contributed by atoms with Crippen LogP contribution in [0.4, 0.5) is 13.2 Å². The van der Waals surface area contributed by atoms with Crippen molar-refractivity contribution >= 4 is 5.78 Å². The zero-order chi connectivity index (χ0) is 18.5. The molecule has 1 aromatic carbocycles. The van der Waals surface area contributed by atoms with Crippen molar-refractivity contribution < 1.29 is 22.9 Å². The second-order valence-electron chi connectivity index (χ2n) is 6.27. The van der Waals surface area contributed by atoms with Crippen LogP contribution in [0.1, 0.15) is 32.8 Å². The summed E-state index contributed by atoms with van der Waals surface area (Å²) in [7, 11) is 0. The summed E-state index contributed by atoms with van der Waals surface area (Å²) in [5.74, 6) is -1.31. The Morgan fingerprint density at radius 3 is 2.21 bits per heavy atom. The summed E-state index contributed by atoms with van der Waals surface area (Å²) in [6, 6.07) is 5.62. The van der Waals surface area contributed by atoms with E-state index in [1.807, 2.05) is 0 Å². The second-order valence-corrected chi connectivity index (χ2v) is 6.27. The highest BCUT2D eigenvalue weighted by Gasteiger charge is 2.63. The summed E-state index contributed by atoms with van der Waals surface area (Å²) >= 11 is 0. The van der Waals surface area contributed by atoms with E-state index in [-0.39, 0.29) is 18.9 Å². The molecule has 2 atom stereocenters. The van der Waals surface area contributed by atoms with Crippen molar-refractivity contribution in [2.75, 3.05) is 0 Å². The summed E-state index contributed by atoms with van der Waals surface area (Å²) in [5, 5.41) is 13.6. The lowest BCUT2D eigenvalue weighted by molar-refractivity contribution is -0.560. The molecule has 1 aromatic rings. The summed E-state index contributed by atoms with van der Waals surface area (Å²) in [6.07, 6.45) is -5.24. The Balaban J connectivity index is 3.14. The molecule has 0 bridgehead atoms. The molecule has 0 saturated carbocycles. The molecule has 5 nitrogen and oxygen atoms in total. The molecule has 0 aromatic heterocycles. The van der Waals surface area contributed by atoms with Gasteiger partial charge in [-0.2, -0.15) is 13.2 Å². The highest BCUT2D eigenvalue weighted by atomic mass is 19.4. The molecule has 0 saturated heterocycles. The minimum atomic E-state index is -4.94. The Kier molecular flexibility index (Phi) is 6.48. The molecule has 1 rings (SSSR count). The molecule has 1 N–H and O–H groups in total. The van der Waals surface area contributed by atoms with Gasteiger partial charge in [-0.25, -0.2) is 0 Å². The Bertz CT molecular complexity index is 576. The van der Waals surface area contributed by atoms with Crippen molar-refractivity contribution in [1.82, 2.24) is 5.32 Å². The van der Waals surface area contributed by atoms with E-state index in [9.17, 15) is 28.1 Å². The zero-order valence-corrected chi connectivity index (χ0v) is 13.8. The van der Waals surface area contributed by atoms with E-state index >= 15 is 0 Å². The van der Waals surface area contributed by atoms with Crippen molar-refractivity contribution in [1.29, 1.82) is 0 Å². The normalized spacial score (nSPS) is 15.8. The average Bonchev–Trinajstić information content (AvgIpc) is 2.45. The van der Waals surface area contributed by atoms with E-state index in [1.54, 1.807) is 44.2 Å². The van der Waals surface area contributed by atoms with E-state index < -0.39 is 28.5 Å². The fourth-order valence-electron chi connectivity index (χ4n) is 2.39. The third kappa shape index (κ3) is 4.77. The molecule has 0 spiro atoms. The monoisotopic (exact) mass is 346 g/mol. The average molecular weight is 346 g/mol. The molecule has 0 aliphatic carbocycles. The molecule has 24 heavy (non-hydrogen) atoms. The van der Waals surface area contributed by atoms with Crippen molar-refractivity contribution in [3.8, 4) is 0 Å². The number of carbonyl (C=O) groups excluding carboxylic acids is 1. The van der Waals surface area contributed by atoms with Gasteiger partial charge in [0.1, 0.15) is 0 Å². The van der Waals surface area contributed by atoms with Gasteiger partial charge in [0.05, 0.1) is 0 Å². The summed E-state index contributed by atoms with van der Waals surface area (Å²) in [5.41, 5.74) is -2.24. The maximum absolute atomic E-state index is 13.5. The quantitative estimate of drug-likeness (QED) is 0.579. The molecule has 134 valence electrons. The Hall–Kier alpha value is -1.96. The standard InChI is InChI=1S/C16H21F3N2O3/c1-11(2)9-13(22)15(3,21(23)24)14(16(17,18)19)20-10-12-7-5-4-6-8-12/h4-8,11,14,20H,9-10H2,1-3H3/t14-,15-/m0/s1. The predicted molar refractivity (Wildman–Crippen MR) is 83.0 cm³/mol. The van der Waals surface area contributed by atoms with Gasteiger partial charge in [-0.1, -0.05) is 44.2 Å². The number of rotatable bonds is 8. The minimum Gasteiger partial charge on any atom is -0.296 e. The fraction of sp³-hybridized carbons (Fsp3) is 0.562. The van der Waals surface area contributed by atoms with Crippen LogP contribution < -0.4 is 5.32 Å². The number of hydrogen-bond acceptors (Lipinski definition) is 4. The van der Waals surface area contributed by atoms with Gasteiger partial charge in [-0.05, 0) is 11.5 Å². The Morgan fingerprint density at radius 1 is 1.25 bits per heavy atom. The van der Waals surface area contributed by atoms with E-state index in [4.69, 9.17) is 0 Å². The van der Waals surface area contributed by atoms with Crippen molar-refractivity contribution in [2.24, 2.45) is 5.92 Å². The van der Waals surface area contributed by atoms with Gasteiger partial charge in [-0.15, -0.1) is 0 Å². The molecule has 0 heterocycles. The number of nitro groups is 1. The van der Waals surface area contributed by atoms with Crippen LogP contribution in [0.3, 0.4) is 0 Å². The maximum Gasteiger partial charge on any atom is 0.411 e. The summed E-state index contributed by atoms with van der Waals surface area (Å²) in [4.78, 5) is 22.5. The Labute approximate surface area is 138 Å². The molecule has 8 heteroatoms. The molecule has 0 unspecified atom stereocenters.